The van der Waals surface area contributed by atoms with Crippen molar-refractivity contribution in [3.05, 3.63) is 53.3 Å². The SMILES string of the molecule is CCCn1nccc1C(=O)c1cccc(C(F)(F)F)c1. The first kappa shape index (κ1) is 14.3. The van der Waals surface area contributed by atoms with Gasteiger partial charge in [0.05, 0.1) is 5.56 Å². The summed E-state index contributed by atoms with van der Waals surface area (Å²) in [4.78, 5) is 12.3. The highest BCUT2D eigenvalue weighted by atomic mass is 19.4. The molecule has 106 valence electrons. The van der Waals surface area contributed by atoms with E-state index in [1.54, 1.807) is 0 Å². The maximum absolute atomic E-state index is 12.6. The number of benzene rings is 1. The van der Waals surface area contributed by atoms with Crippen LogP contribution in [0.4, 0.5) is 13.2 Å². The van der Waals surface area contributed by atoms with E-state index in [1.807, 2.05) is 6.92 Å². The largest absolute Gasteiger partial charge is 0.416 e. The molecule has 3 nitrogen and oxygen atoms in total. The highest BCUT2D eigenvalue weighted by Crippen LogP contribution is 2.29. The topological polar surface area (TPSA) is 34.9 Å². The second kappa shape index (κ2) is 5.48. The molecule has 0 amide bonds. The molecular weight excluding hydrogens is 269 g/mol. The van der Waals surface area contributed by atoms with Gasteiger partial charge in [0.25, 0.3) is 0 Å². The minimum atomic E-state index is -4.46. The molecule has 2 rings (SSSR count). The number of rotatable bonds is 4. The van der Waals surface area contributed by atoms with Crippen LogP contribution in [0.2, 0.25) is 0 Å². The van der Waals surface area contributed by atoms with Crippen LogP contribution in [0.25, 0.3) is 0 Å². The molecule has 1 aromatic heterocycles. The number of carbonyl (C=O) groups is 1. The number of aromatic nitrogens is 2. The van der Waals surface area contributed by atoms with Crippen LogP contribution < -0.4 is 0 Å². The minimum Gasteiger partial charge on any atom is -0.287 e. The highest BCUT2D eigenvalue weighted by Gasteiger charge is 2.31. The van der Waals surface area contributed by atoms with Crippen LogP contribution >= 0.6 is 0 Å². The minimum absolute atomic E-state index is 0.0117. The van der Waals surface area contributed by atoms with Gasteiger partial charge in [0.2, 0.25) is 5.78 Å². The summed E-state index contributed by atoms with van der Waals surface area (Å²) in [7, 11) is 0. The van der Waals surface area contributed by atoms with E-state index in [0.717, 1.165) is 18.6 Å². The standard InChI is InChI=1S/C14H13F3N2O/c1-2-8-19-12(6-7-18-19)13(20)10-4-3-5-11(9-10)14(15,16)17/h3-7,9H,2,8H2,1H3. The predicted octanol–water partition coefficient (Wildman–Crippen LogP) is 3.54. The lowest BCUT2D eigenvalue weighted by Crippen LogP contribution is -2.13. The summed E-state index contributed by atoms with van der Waals surface area (Å²) in [5.74, 6) is -0.456. The van der Waals surface area contributed by atoms with Crippen LogP contribution in [0.5, 0.6) is 0 Å². The van der Waals surface area contributed by atoms with Crippen molar-refractivity contribution in [2.24, 2.45) is 0 Å². The maximum Gasteiger partial charge on any atom is 0.416 e. The van der Waals surface area contributed by atoms with E-state index in [4.69, 9.17) is 0 Å². The van der Waals surface area contributed by atoms with Gasteiger partial charge in [-0.1, -0.05) is 19.1 Å². The summed E-state index contributed by atoms with van der Waals surface area (Å²) < 4.78 is 39.4. The number of carbonyl (C=O) groups excluding carboxylic acids is 1. The Morgan fingerprint density at radius 3 is 2.70 bits per heavy atom. The first-order valence-corrected chi connectivity index (χ1v) is 6.17. The summed E-state index contributed by atoms with van der Waals surface area (Å²) in [5.41, 5.74) is -0.520. The van der Waals surface area contributed by atoms with E-state index in [-0.39, 0.29) is 5.56 Å². The first-order chi connectivity index (χ1) is 9.43. The Hall–Kier alpha value is -2.11. The Kier molecular flexibility index (Phi) is 3.92. The zero-order valence-electron chi connectivity index (χ0n) is 10.8. The molecule has 0 radical (unpaired) electrons. The number of ketones is 1. The van der Waals surface area contributed by atoms with Crippen molar-refractivity contribution >= 4 is 5.78 Å². The monoisotopic (exact) mass is 282 g/mol. The van der Waals surface area contributed by atoms with Crippen LogP contribution in [0.15, 0.2) is 36.5 Å². The second-order valence-electron chi connectivity index (χ2n) is 4.35. The fourth-order valence-electron chi connectivity index (χ4n) is 1.90. The van der Waals surface area contributed by atoms with Gasteiger partial charge >= 0.3 is 6.18 Å². The van der Waals surface area contributed by atoms with Crippen LogP contribution in [-0.4, -0.2) is 15.6 Å². The predicted molar refractivity (Wildman–Crippen MR) is 67.4 cm³/mol. The van der Waals surface area contributed by atoms with E-state index in [9.17, 15) is 18.0 Å². The molecule has 0 fully saturated rings. The number of hydrogen-bond acceptors (Lipinski definition) is 2. The summed E-state index contributed by atoms with van der Waals surface area (Å²) in [6.07, 6.45) is -2.21. The molecule has 0 unspecified atom stereocenters. The van der Waals surface area contributed by atoms with E-state index in [1.165, 1.54) is 29.1 Å². The third kappa shape index (κ3) is 2.89. The zero-order valence-corrected chi connectivity index (χ0v) is 10.8. The van der Waals surface area contributed by atoms with Gasteiger partial charge in [-0.15, -0.1) is 0 Å². The van der Waals surface area contributed by atoms with Crippen molar-refractivity contribution in [3.63, 3.8) is 0 Å². The van der Waals surface area contributed by atoms with E-state index in [0.29, 0.717) is 12.2 Å². The molecule has 1 heterocycles. The van der Waals surface area contributed by atoms with Gasteiger partial charge in [0, 0.05) is 18.3 Å². The van der Waals surface area contributed by atoms with Crippen LogP contribution in [-0.2, 0) is 12.7 Å². The van der Waals surface area contributed by atoms with E-state index >= 15 is 0 Å². The molecule has 0 spiro atoms. The molecule has 0 bridgehead atoms. The zero-order chi connectivity index (χ0) is 14.8. The van der Waals surface area contributed by atoms with Crippen LogP contribution in [0.3, 0.4) is 0 Å². The fraction of sp³-hybridized carbons (Fsp3) is 0.286. The molecule has 0 saturated carbocycles. The summed E-state index contributed by atoms with van der Waals surface area (Å²) in [6, 6.07) is 5.93. The molecule has 0 saturated heterocycles. The average Bonchev–Trinajstić information content (AvgIpc) is 2.86. The molecule has 1 aromatic carbocycles. The summed E-state index contributed by atoms with van der Waals surface area (Å²) in [6.45, 7) is 2.48. The van der Waals surface area contributed by atoms with Crippen molar-refractivity contribution in [3.8, 4) is 0 Å². The molecule has 0 N–H and O–H groups in total. The lowest BCUT2D eigenvalue weighted by atomic mass is 10.0. The van der Waals surface area contributed by atoms with Crippen molar-refractivity contribution in [1.82, 2.24) is 9.78 Å². The van der Waals surface area contributed by atoms with E-state index < -0.39 is 17.5 Å². The Morgan fingerprint density at radius 2 is 2.05 bits per heavy atom. The highest BCUT2D eigenvalue weighted by molar-refractivity contribution is 6.07. The lowest BCUT2D eigenvalue weighted by Gasteiger charge is -2.09. The van der Waals surface area contributed by atoms with Crippen LogP contribution in [0.1, 0.15) is 35.0 Å². The molecular formula is C14H13F3N2O. The van der Waals surface area contributed by atoms with Gasteiger partial charge < -0.3 is 0 Å². The van der Waals surface area contributed by atoms with E-state index in [2.05, 4.69) is 5.10 Å². The van der Waals surface area contributed by atoms with Gasteiger partial charge in [-0.2, -0.15) is 18.3 Å². The summed E-state index contributed by atoms with van der Waals surface area (Å²) >= 11 is 0. The Balaban J connectivity index is 2.36. The second-order valence-corrected chi connectivity index (χ2v) is 4.35. The molecule has 0 atom stereocenters. The number of alkyl halides is 3. The summed E-state index contributed by atoms with van der Waals surface area (Å²) in [5, 5.41) is 4.00. The molecule has 2 aromatic rings. The quantitative estimate of drug-likeness (QED) is 0.804. The third-order valence-electron chi connectivity index (χ3n) is 2.84. The number of aryl methyl sites for hydroxylation is 1. The Bertz CT molecular complexity index is 617. The smallest absolute Gasteiger partial charge is 0.287 e. The van der Waals surface area contributed by atoms with Gasteiger partial charge in [-0.3, -0.25) is 9.48 Å². The van der Waals surface area contributed by atoms with Gasteiger partial charge in [-0.25, -0.2) is 0 Å². The average molecular weight is 282 g/mol. The van der Waals surface area contributed by atoms with Gasteiger partial charge in [-0.05, 0) is 24.6 Å². The number of halogens is 3. The van der Waals surface area contributed by atoms with Crippen molar-refractivity contribution in [2.75, 3.05) is 0 Å². The molecule has 0 aliphatic rings. The lowest BCUT2D eigenvalue weighted by molar-refractivity contribution is -0.137. The Morgan fingerprint density at radius 1 is 1.30 bits per heavy atom. The third-order valence-corrected chi connectivity index (χ3v) is 2.84. The molecule has 0 aliphatic heterocycles. The number of nitrogens with zero attached hydrogens (tertiary/aromatic N) is 2. The maximum atomic E-state index is 12.6. The fourth-order valence-corrected chi connectivity index (χ4v) is 1.90. The van der Waals surface area contributed by atoms with Crippen molar-refractivity contribution in [2.45, 2.75) is 26.1 Å². The first-order valence-electron chi connectivity index (χ1n) is 6.17. The Labute approximate surface area is 114 Å². The molecule has 20 heavy (non-hydrogen) atoms. The van der Waals surface area contributed by atoms with Gasteiger partial charge in [0.1, 0.15) is 5.69 Å². The van der Waals surface area contributed by atoms with Gasteiger partial charge in [0.15, 0.2) is 0 Å². The van der Waals surface area contributed by atoms with Crippen LogP contribution in [0, 0.1) is 0 Å². The van der Waals surface area contributed by atoms with Crippen molar-refractivity contribution < 1.29 is 18.0 Å². The molecule has 0 aliphatic carbocycles. The number of hydrogen-bond donors (Lipinski definition) is 0. The normalized spacial score (nSPS) is 11.6. The van der Waals surface area contributed by atoms with Crippen molar-refractivity contribution in [1.29, 1.82) is 0 Å². The molecule has 6 heteroatoms.